The average molecular weight is 377 g/mol. The number of rotatable bonds is 6. The zero-order valence-electron chi connectivity index (χ0n) is 15.8. The molecule has 1 aromatic heterocycles. The molecule has 5 nitrogen and oxygen atoms in total. The van der Waals surface area contributed by atoms with Crippen LogP contribution in [0.25, 0.3) is 5.69 Å². The number of benzene rings is 1. The lowest BCUT2D eigenvalue weighted by Crippen LogP contribution is -2.53. The van der Waals surface area contributed by atoms with E-state index in [1.165, 1.54) is 11.3 Å². The molecule has 1 aromatic carbocycles. The summed E-state index contributed by atoms with van der Waals surface area (Å²) in [5.74, 6) is -0.0989. The molecule has 0 fully saturated rings. The smallest absolute Gasteiger partial charge is 0.272 e. The molecule has 1 aliphatic rings. The minimum Gasteiger partial charge on any atom is -0.344 e. The Kier molecular flexibility index (Phi) is 6.48. The van der Waals surface area contributed by atoms with Crippen molar-refractivity contribution in [2.45, 2.75) is 58.4 Å². The molecule has 1 amide bonds. The Balaban J connectivity index is 0.00000243. The molecular formula is C20H29ClN4O. The molecule has 26 heavy (non-hydrogen) atoms. The van der Waals surface area contributed by atoms with Crippen LogP contribution in [0.1, 0.15) is 60.4 Å². The predicted octanol–water partition coefficient (Wildman–Crippen LogP) is 3.34. The van der Waals surface area contributed by atoms with Crippen molar-refractivity contribution in [2.24, 2.45) is 5.73 Å². The summed E-state index contributed by atoms with van der Waals surface area (Å²) < 4.78 is 1.94. The van der Waals surface area contributed by atoms with Crippen LogP contribution in [0, 0.1) is 6.92 Å². The summed E-state index contributed by atoms with van der Waals surface area (Å²) in [6, 6.07) is 8.27. The number of fused-ring (bicyclic) bond motifs is 1. The van der Waals surface area contributed by atoms with E-state index in [1.807, 2.05) is 4.68 Å². The molecule has 0 spiro atoms. The van der Waals surface area contributed by atoms with Crippen LogP contribution in [-0.4, -0.2) is 27.8 Å². The first-order chi connectivity index (χ1) is 12.0. The Morgan fingerprint density at radius 1 is 1.23 bits per heavy atom. The fourth-order valence-electron chi connectivity index (χ4n) is 3.59. The van der Waals surface area contributed by atoms with E-state index in [1.54, 1.807) is 0 Å². The van der Waals surface area contributed by atoms with Gasteiger partial charge in [-0.1, -0.05) is 31.5 Å². The second-order valence-corrected chi connectivity index (χ2v) is 7.02. The average Bonchev–Trinajstić information content (AvgIpc) is 3.23. The van der Waals surface area contributed by atoms with Crippen molar-refractivity contribution in [3.63, 3.8) is 0 Å². The van der Waals surface area contributed by atoms with Gasteiger partial charge in [-0.15, -0.1) is 12.4 Å². The van der Waals surface area contributed by atoms with E-state index < -0.39 is 0 Å². The third-order valence-electron chi connectivity index (χ3n) is 5.55. The van der Waals surface area contributed by atoms with Crippen LogP contribution in [0.5, 0.6) is 0 Å². The number of carbonyl (C=O) groups excluding carboxylic acids is 1. The van der Waals surface area contributed by atoms with E-state index in [4.69, 9.17) is 5.73 Å². The molecule has 3 rings (SSSR count). The highest BCUT2D eigenvalue weighted by atomic mass is 35.5. The number of amides is 1. The van der Waals surface area contributed by atoms with E-state index in [0.717, 1.165) is 43.4 Å². The first-order valence-corrected chi connectivity index (χ1v) is 9.24. The fraction of sp³-hybridized carbons (Fsp3) is 0.500. The van der Waals surface area contributed by atoms with Crippen molar-refractivity contribution >= 4 is 18.3 Å². The highest BCUT2D eigenvalue weighted by molar-refractivity contribution is 5.94. The number of nitrogens with two attached hydrogens (primary N) is 1. The summed E-state index contributed by atoms with van der Waals surface area (Å²) in [6.07, 6.45) is 4.58. The van der Waals surface area contributed by atoms with Gasteiger partial charge < -0.3 is 11.1 Å². The van der Waals surface area contributed by atoms with Crippen molar-refractivity contribution in [1.29, 1.82) is 0 Å². The number of nitrogens with zero attached hydrogens (tertiary/aromatic N) is 2. The van der Waals surface area contributed by atoms with Gasteiger partial charge in [-0.05, 0) is 51.2 Å². The van der Waals surface area contributed by atoms with Crippen molar-refractivity contribution in [1.82, 2.24) is 15.1 Å². The van der Waals surface area contributed by atoms with Crippen LogP contribution in [0.15, 0.2) is 24.3 Å². The van der Waals surface area contributed by atoms with E-state index in [0.29, 0.717) is 12.2 Å². The molecule has 0 aliphatic heterocycles. The Bertz CT molecular complexity index is 755. The van der Waals surface area contributed by atoms with Gasteiger partial charge in [-0.25, -0.2) is 4.68 Å². The first-order valence-electron chi connectivity index (χ1n) is 9.24. The monoisotopic (exact) mass is 376 g/mol. The number of halogens is 1. The highest BCUT2D eigenvalue weighted by Crippen LogP contribution is 2.28. The number of aromatic nitrogens is 2. The lowest BCUT2D eigenvalue weighted by atomic mass is 9.92. The number of hydrogen-bond donors (Lipinski definition) is 2. The third-order valence-corrected chi connectivity index (χ3v) is 5.55. The Hall–Kier alpha value is -1.85. The Morgan fingerprint density at radius 2 is 1.88 bits per heavy atom. The second-order valence-electron chi connectivity index (χ2n) is 7.02. The van der Waals surface area contributed by atoms with Crippen LogP contribution in [0.4, 0.5) is 0 Å². The van der Waals surface area contributed by atoms with Crippen LogP contribution in [0.3, 0.4) is 0 Å². The van der Waals surface area contributed by atoms with Gasteiger partial charge in [0.15, 0.2) is 5.69 Å². The van der Waals surface area contributed by atoms with Crippen LogP contribution >= 0.6 is 12.4 Å². The molecule has 1 heterocycles. The van der Waals surface area contributed by atoms with Gasteiger partial charge in [0.25, 0.3) is 5.91 Å². The van der Waals surface area contributed by atoms with Gasteiger partial charge in [0.1, 0.15) is 0 Å². The van der Waals surface area contributed by atoms with Gasteiger partial charge in [-0.3, -0.25) is 4.79 Å². The van der Waals surface area contributed by atoms with Gasteiger partial charge in [-0.2, -0.15) is 5.10 Å². The number of carbonyl (C=O) groups is 1. The quantitative estimate of drug-likeness (QED) is 0.812. The highest BCUT2D eigenvalue weighted by Gasteiger charge is 2.32. The van der Waals surface area contributed by atoms with Gasteiger partial charge in [0.2, 0.25) is 0 Å². The van der Waals surface area contributed by atoms with Gasteiger partial charge in [0, 0.05) is 17.8 Å². The summed E-state index contributed by atoms with van der Waals surface area (Å²) in [7, 11) is 0. The standard InChI is InChI=1S/C20H28N4O.ClH/c1-4-20(5-2,13-21)22-19(25)18-16-7-6-8-17(16)24(23-18)15-11-9-14(3)10-12-15;/h9-12H,4-8,13,21H2,1-3H3,(H,22,25);1H. The maximum atomic E-state index is 13.0. The summed E-state index contributed by atoms with van der Waals surface area (Å²) in [4.78, 5) is 13.0. The maximum Gasteiger partial charge on any atom is 0.272 e. The van der Waals surface area contributed by atoms with Crippen molar-refractivity contribution in [3.05, 3.63) is 46.8 Å². The van der Waals surface area contributed by atoms with Crippen molar-refractivity contribution in [3.8, 4) is 5.69 Å². The van der Waals surface area contributed by atoms with Crippen molar-refractivity contribution in [2.75, 3.05) is 6.54 Å². The summed E-state index contributed by atoms with van der Waals surface area (Å²) in [5, 5.41) is 7.84. The molecule has 6 heteroatoms. The minimum absolute atomic E-state index is 0. The molecule has 3 N–H and O–H groups in total. The predicted molar refractivity (Wildman–Crippen MR) is 107 cm³/mol. The lowest BCUT2D eigenvalue weighted by Gasteiger charge is -2.31. The van der Waals surface area contributed by atoms with Gasteiger partial charge in [0.05, 0.1) is 11.2 Å². The second kappa shape index (κ2) is 8.23. The molecular weight excluding hydrogens is 348 g/mol. The molecule has 0 saturated carbocycles. The Labute approximate surface area is 161 Å². The van der Waals surface area contributed by atoms with Crippen LogP contribution in [-0.2, 0) is 12.8 Å². The molecule has 0 unspecified atom stereocenters. The molecule has 0 atom stereocenters. The molecule has 2 aromatic rings. The summed E-state index contributed by atoms with van der Waals surface area (Å²) >= 11 is 0. The summed E-state index contributed by atoms with van der Waals surface area (Å²) in [6.45, 7) is 6.63. The van der Waals surface area contributed by atoms with Crippen LogP contribution < -0.4 is 11.1 Å². The number of aryl methyl sites for hydroxylation is 1. The first kappa shape index (κ1) is 20.5. The van der Waals surface area contributed by atoms with E-state index >= 15 is 0 Å². The fourth-order valence-corrected chi connectivity index (χ4v) is 3.59. The van der Waals surface area contributed by atoms with E-state index in [-0.39, 0.29) is 23.9 Å². The number of hydrogen-bond acceptors (Lipinski definition) is 3. The normalized spacial score (nSPS) is 13.2. The lowest BCUT2D eigenvalue weighted by molar-refractivity contribution is 0.0888. The molecule has 0 saturated heterocycles. The molecule has 0 radical (unpaired) electrons. The van der Waals surface area contributed by atoms with E-state index in [9.17, 15) is 4.79 Å². The molecule has 142 valence electrons. The largest absolute Gasteiger partial charge is 0.344 e. The van der Waals surface area contributed by atoms with Crippen molar-refractivity contribution < 1.29 is 4.79 Å². The zero-order valence-corrected chi connectivity index (χ0v) is 16.7. The molecule has 1 aliphatic carbocycles. The van der Waals surface area contributed by atoms with Gasteiger partial charge >= 0.3 is 0 Å². The maximum absolute atomic E-state index is 13.0. The SMILES string of the molecule is CCC(CC)(CN)NC(=O)c1nn(-c2ccc(C)cc2)c2c1CCC2.Cl. The zero-order chi connectivity index (χ0) is 18.0. The minimum atomic E-state index is -0.351. The third kappa shape index (κ3) is 3.64. The topological polar surface area (TPSA) is 72.9 Å². The van der Waals surface area contributed by atoms with E-state index in [2.05, 4.69) is 55.5 Å². The Morgan fingerprint density at radius 3 is 2.46 bits per heavy atom. The summed E-state index contributed by atoms with van der Waals surface area (Å²) in [5.41, 5.74) is 10.6. The number of nitrogens with one attached hydrogen (secondary N) is 1. The van der Waals surface area contributed by atoms with Crippen LogP contribution in [0.2, 0.25) is 0 Å². The molecule has 0 bridgehead atoms.